The first-order chi connectivity index (χ1) is 9.11. The SMILES string of the molecule is Cc1cc(C(C)(C)C)cc(CN(C)CCN(C)C)c1O. The second-order valence-corrected chi connectivity index (χ2v) is 7.09. The average molecular weight is 278 g/mol. The fraction of sp³-hybridized carbons (Fsp3) is 0.647. The molecule has 0 spiro atoms. The number of aromatic hydroxyl groups is 1. The van der Waals surface area contributed by atoms with E-state index in [4.69, 9.17) is 0 Å². The third-order valence-electron chi connectivity index (χ3n) is 3.61. The zero-order valence-corrected chi connectivity index (χ0v) is 14.1. The van der Waals surface area contributed by atoms with Crippen LogP contribution in [0.15, 0.2) is 12.1 Å². The Bertz CT molecular complexity index is 447. The topological polar surface area (TPSA) is 26.7 Å². The molecule has 20 heavy (non-hydrogen) atoms. The Morgan fingerprint density at radius 1 is 1.05 bits per heavy atom. The maximum atomic E-state index is 10.3. The molecule has 1 aromatic rings. The zero-order valence-electron chi connectivity index (χ0n) is 14.1. The van der Waals surface area contributed by atoms with Crippen LogP contribution in [0.1, 0.15) is 37.5 Å². The molecule has 1 rings (SSSR count). The number of likely N-dealkylation sites (N-methyl/N-ethyl adjacent to an activating group) is 2. The fourth-order valence-electron chi connectivity index (χ4n) is 2.15. The van der Waals surface area contributed by atoms with Crippen molar-refractivity contribution in [2.45, 2.75) is 39.7 Å². The number of phenols is 1. The van der Waals surface area contributed by atoms with E-state index >= 15 is 0 Å². The molecule has 0 unspecified atom stereocenters. The van der Waals surface area contributed by atoms with Crippen LogP contribution in [0.2, 0.25) is 0 Å². The summed E-state index contributed by atoms with van der Waals surface area (Å²) in [6, 6.07) is 4.24. The molecule has 114 valence electrons. The Morgan fingerprint density at radius 3 is 2.15 bits per heavy atom. The van der Waals surface area contributed by atoms with Gasteiger partial charge in [-0.15, -0.1) is 0 Å². The minimum atomic E-state index is 0.107. The van der Waals surface area contributed by atoms with Gasteiger partial charge in [-0.25, -0.2) is 0 Å². The number of hydrogen-bond acceptors (Lipinski definition) is 3. The molecule has 0 amide bonds. The van der Waals surface area contributed by atoms with Gasteiger partial charge in [0.2, 0.25) is 0 Å². The molecule has 0 aliphatic rings. The number of nitrogens with zero attached hydrogens (tertiary/aromatic N) is 2. The molecule has 0 aliphatic heterocycles. The van der Waals surface area contributed by atoms with E-state index in [1.54, 1.807) is 0 Å². The number of hydrogen-bond donors (Lipinski definition) is 1. The molecular formula is C17H30N2O. The summed E-state index contributed by atoms with van der Waals surface area (Å²) in [6.45, 7) is 11.4. The number of rotatable bonds is 5. The normalized spacial score (nSPS) is 12.4. The van der Waals surface area contributed by atoms with Gasteiger partial charge in [0.15, 0.2) is 0 Å². The van der Waals surface area contributed by atoms with Crippen LogP contribution in [-0.2, 0) is 12.0 Å². The van der Waals surface area contributed by atoms with Crippen molar-refractivity contribution in [1.82, 2.24) is 9.80 Å². The molecule has 1 N–H and O–H groups in total. The van der Waals surface area contributed by atoms with Crippen LogP contribution in [0.5, 0.6) is 5.75 Å². The Labute approximate surface area is 124 Å². The molecule has 0 radical (unpaired) electrons. The third-order valence-corrected chi connectivity index (χ3v) is 3.61. The summed E-state index contributed by atoms with van der Waals surface area (Å²) in [5.41, 5.74) is 3.38. The highest BCUT2D eigenvalue weighted by Gasteiger charge is 2.18. The van der Waals surface area contributed by atoms with Crippen LogP contribution in [0.25, 0.3) is 0 Å². The lowest BCUT2D eigenvalue weighted by Gasteiger charge is -2.24. The molecular weight excluding hydrogens is 248 g/mol. The van der Waals surface area contributed by atoms with Crippen molar-refractivity contribution in [3.05, 3.63) is 28.8 Å². The molecule has 0 atom stereocenters. The molecule has 0 bridgehead atoms. The van der Waals surface area contributed by atoms with E-state index in [-0.39, 0.29) is 5.41 Å². The Hall–Kier alpha value is -1.06. The van der Waals surface area contributed by atoms with Gasteiger partial charge >= 0.3 is 0 Å². The lowest BCUT2D eigenvalue weighted by molar-refractivity contribution is 0.273. The molecule has 3 nitrogen and oxygen atoms in total. The highest BCUT2D eigenvalue weighted by Crippen LogP contribution is 2.31. The van der Waals surface area contributed by atoms with Gasteiger partial charge in [-0.2, -0.15) is 0 Å². The van der Waals surface area contributed by atoms with Gasteiger partial charge in [0.1, 0.15) is 5.75 Å². The quantitative estimate of drug-likeness (QED) is 0.897. The second-order valence-electron chi connectivity index (χ2n) is 7.09. The summed E-state index contributed by atoms with van der Waals surface area (Å²) < 4.78 is 0. The number of aryl methyl sites for hydroxylation is 1. The van der Waals surface area contributed by atoms with E-state index in [0.29, 0.717) is 5.75 Å². The smallest absolute Gasteiger partial charge is 0.122 e. The predicted octanol–water partition coefficient (Wildman–Crippen LogP) is 2.99. The second kappa shape index (κ2) is 6.59. The van der Waals surface area contributed by atoms with Crippen molar-refractivity contribution < 1.29 is 5.11 Å². The average Bonchev–Trinajstić information content (AvgIpc) is 2.30. The van der Waals surface area contributed by atoms with Gasteiger partial charge in [0, 0.05) is 25.2 Å². The van der Waals surface area contributed by atoms with Crippen molar-refractivity contribution in [3.63, 3.8) is 0 Å². The van der Waals surface area contributed by atoms with Crippen LogP contribution in [0, 0.1) is 6.92 Å². The first-order valence-corrected chi connectivity index (χ1v) is 7.27. The van der Waals surface area contributed by atoms with Gasteiger partial charge in [0.05, 0.1) is 0 Å². The maximum Gasteiger partial charge on any atom is 0.122 e. The van der Waals surface area contributed by atoms with Crippen LogP contribution >= 0.6 is 0 Å². The van der Waals surface area contributed by atoms with E-state index in [9.17, 15) is 5.11 Å². The lowest BCUT2D eigenvalue weighted by Crippen LogP contribution is -2.28. The molecule has 0 heterocycles. The molecule has 0 aliphatic carbocycles. The van der Waals surface area contributed by atoms with Gasteiger partial charge < -0.3 is 14.9 Å². The lowest BCUT2D eigenvalue weighted by atomic mass is 9.85. The first-order valence-electron chi connectivity index (χ1n) is 7.27. The van der Waals surface area contributed by atoms with E-state index in [0.717, 1.165) is 30.8 Å². The summed E-state index contributed by atoms with van der Waals surface area (Å²) >= 11 is 0. The Balaban J connectivity index is 2.91. The van der Waals surface area contributed by atoms with Crippen LogP contribution < -0.4 is 0 Å². The summed E-state index contributed by atoms with van der Waals surface area (Å²) in [7, 11) is 6.26. The first kappa shape index (κ1) is 17.0. The van der Waals surface area contributed by atoms with E-state index in [1.165, 1.54) is 5.56 Å². The molecule has 0 aromatic heterocycles. The van der Waals surface area contributed by atoms with Crippen molar-refractivity contribution in [1.29, 1.82) is 0 Å². The van der Waals surface area contributed by atoms with Gasteiger partial charge in [0.25, 0.3) is 0 Å². The minimum Gasteiger partial charge on any atom is -0.507 e. The van der Waals surface area contributed by atoms with Crippen LogP contribution in [0.3, 0.4) is 0 Å². The molecule has 0 fully saturated rings. The maximum absolute atomic E-state index is 10.3. The molecule has 0 saturated heterocycles. The summed E-state index contributed by atoms with van der Waals surface area (Å²) in [5, 5.41) is 10.3. The van der Waals surface area contributed by atoms with Crippen molar-refractivity contribution in [2.24, 2.45) is 0 Å². The van der Waals surface area contributed by atoms with Crippen LogP contribution in [-0.4, -0.2) is 49.1 Å². The van der Waals surface area contributed by atoms with E-state index in [2.05, 4.69) is 63.8 Å². The monoisotopic (exact) mass is 278 g/mol. The van der Waals surface area contributed by atoms with Gasteiger partial charge in [-0.3, -0.25) is 0 Å². The standard InChI is InChI=1S/C17H30N2O/c1-13-10-15(17(2,3)4)11-14(16(13)20)12-19(7)9-8-18(5)6/h10-11,20H,8-9,12H2,1-7H3. The molecule has 0 saturated carbocycles. The third kappa shape index (κ3) is 4.80. The number of benzene rings is 1. The van der Waals surface area contributed by atoms with E-state index in [1.807, 2.05) is 6.92 Å². The highest BCUT2D eigenvalue weighted by atomic mass is 16.3. The van der Waals surface area contributed by atoms with Crippen molar-refractivity contribution in [2.75, 3.05) is 34.2 Å². The molecule has 3 heteroatoms. The van der Waals surface area contributed by atoms with Gasteiger partial charge in [-0.1, -0.05) is 32.9 Å². The summed E-state index contributed by atoms with van der Waals surface area (Å²) in [5.74, 6) is 0.440. The summed E-state index contributed by atoms with van der Waals surface area (Å²) in [6.07, 6.45) is 0. The minimum absolute atomic E-state index is 0.107. The fourth-order valence-corrected chi connectivity index (χ4v) is 2.15. The highest BCUT2D eigenvalue weighted by molar-refractivity contribution is 5.44. The Kier molecular flexibility index (Phi) is 5.60. The van der Waals surface area contributed by atoms with Gasteiger partial charge in [-0.05, 0) is 44.6 Å². The number of phenolic OH excluding ortho intramolecular Hbond substituents is 1. The van der Waals surface area contributed by atoms with Crippen molar-refractivity contribution in [3.8, 4) is 5.75 Å². The Morgan fingerprint density at radius 2 is 1.65 bits per heavy atom. The molecule has 1 aromatic carbocycles. The predicted molar refractivity (Wildman–Crippen MR) is 86.4 cm³/mol. The largest absolute Gasteiger partial charge is 0.507 e. The van der Waals surface area contributed by atoms with E-state index < -0.39 is 0 Å². The zero-order chi connectivity index (χ0) is 15.5. The summed E-state index contributed by atoms with van der Waals surface area (Å²) in [4.78, 5) is 4.42. The van der Waals surface area contributed by atoms with Crippen LogP contribution in [0.4, 0.5) is 0 Å². The van der Waals surface area contributed by atoms with Crippen molar-refractivity contribution >= 4 is 0 Å².